The largest absolute Gasteiger partial charge is 0.479 e. The minimum atomic E-state index is -1.53. The molecule has 0 aromatic rings. The second-order valence-electron chi connectivity index (χ2n) is 7.66. The van der Waals surface area contributed by atoms with Gasteiger partial charge in [-0.25, -0.2) is 28.8 Å². The van der Waals surface area contributed by atoms with Crippen molar-refractivity contribution in [2.75, 3.05) is 5.33 Å². The van der Waals surface area contributed by atoms with Crippen LogP contribution < -0.4 is 0 Å². The number of hydrogen-bond acceptors (Lipinski definition) is 13. The molecular weight excluding hydrogens is 568 g/mol. The number of carboxylic acid groups (broad SMARTS) is 1. The van der Waals surface area contributed by atoms with Crippen LogP contribution in [0.15, 0.2) is 0 Å². The number of hydrogen-bond donors (Lipinski definition) is 1. The van der Waals surface area contributed by atoms with E-state index in [1.165, 1.54) is 13.8 Å². The van der Waals surface area contributed by atoms with Crippen LogP contribution in [-0.4, -0.2) is 88.8 Å². The molecule has 0 aliphatic heterocycles. The summed E-state index contributed by atoms with van der Waals surface area (Å²) in [6.45, 7) is 6.92. The molecule has 1 N–H and O–H groups in total. The van der Waals surface area contributed by atoms with Gasteiger partial charge in [0, 0.05) is 11.8 Å². The average molecular weight is 599 g/mol. The van der Waals surface area contributed by atoms with Crippen LogP contribution in [0.1, 0.15) is 54.4 Å². The number of halogens is 1. The maximum absolute atomic E-state index is 12.2. The lowest BCUT2D eigenvalue weighted by Crippen LogP contribution is -2.39. The van der Waals surface area contributed by atoms with Crippen LogP contribution in [0.3, 0.4) is 0 Å². The second-order valence-corrected chi connectivity index (χ2v) is 8.45. The standard InChI is InChI=1S/C22H31BrO14/c1-10(17(25)26)33-19(28)12(3)35-21(30)14(5)37-22(31)15(6)36-20(29)13(4)34-18(27)11(2)32-16(24)8-7-9-23/h10-15H,7-9H2,1-6H3,(H,25,26). The smallest absolute Gasteiger partial charge is 0.347 e. The third kappa shape index (κ3) is 13.0. The number of carbonyl (C=O) groups excluding carboxylic acids is 6. The van der Waals surface area contributed by atoms with Crippen molar-refractivity contribution in [2.24, 2.45) is 0 Å². The first-order chi connectivity index (χ1) is 17.1. The van der Waals surface area contributed by atoms with Gasteiger partial charge in [-0.2, -0.15) is 0 Å². The minimum Gasteiger partial charge on any atom is -0.479 e. The number of aliphatic carboxylic acids is 1. The van der Waals surface area contributed by atoms with Gasteiger partial charge in [-0.1, -0.05) is 15.9 Å². The monoisotopic (exact) mass is 598 g/mol. The molecule has 0 rings (SSSR count). The maximum atomic E-state index is 12.2. The summed E-state index contributed by atoms with van der Waals surface area (Å²) in [7, 11) is 0. The van der Waals surface area contributed by atoms with Gasteiger partial charge in [-0.15, -0.1) is 0 Å². The highest BCUT2D eigenvalue weighted by atomic mass is 79.9. The lowest BCUT2D eigenvalue weighted by molar-refractivity contribution is -0.187. The molecular formula is C22H31BrO14. The van der Waals surface area contributed by atoms with E-state index in [0.29, 0.717) is 11.8 Å². The van der Waals surface area contributed by atoms with E-state index in [2.05, 4.69) is 20.7 Å². The second kappa shape index (κ2) is 16.5. The zero-order valence-electron chi connectivity index (χ0n) is 21.2. The Hall–Kier alpha value is -3.23. The molecule has 0 heterocycles. The summed E-state index contributed by atoms with van der Waals surface area (Å²) in [6, 6.07) is 0. The van der Waals surface area contributed by atoms with E-state index in [4.69, 9.17) is 28.8 Å². The van der Waals surface area contributed by atoms with E-state index in [1.54, 1.807) is 0 Å². The fraction of sp³-hybridized carbons (Fsp3) is 0.682. The molecule has 37 heavy (non-hydrogen) atoms. The fourth-order valence-corrected chi connectivity index (χ4v) is 2.39. The van der Waals surface area contributed by atoms with Gasteiger partial charge in [0.25, 0.3) is 0 Å². The van der Waals surface area contributed by atoms with Crippen molar-refractivity contribution in [3.8, 4) is 0 Å². The van der Waals surface area contributed by atoms with Crippen LogP contribution in [0.2, 0.25) is 0 Å². The molecule has 14 nitrogen and oxygen atoms in total. The Balaban J connectivity index is 4.67. The third-order valence-corrected chi connectivity index (χ3v) is 4.86. The van der Waals surface area contributed by atoms with E-state index in [-0.39, 0.29) is 6.42 Å². The lowest BCUT2D eigenvalue weighted by Gasteiger charge is -2.20. The zero-order chi connectivity index (χ0) is 28.9. The molecule has 0 aromatic heterocycles. The Morgan fingerprint density at radius 1 is 0.541 bits per heavy atom. The molecule has 210 valence electrons. The van der Waals surface area contributed by atoms with E-state index in [0.717, 1.165) is 27.7 Å². The van der Waals surface area contributed by atoms with E-state index >= 15 is 0 Å². The van der Waals surface area contributed by atoms with Gasteiger partial charge in [0.05, 0.1) is 0 Å². The highest BCUT2D eigenvalue weighted by molar-refractivity contribution is 9.09. The fourth-order valence-electron chi connectivity index (χ4n) is 2.11. The number of carbonyl (C=O) groups is 7. The number of alkyl halides is 1. The van der Waals surface area contributed by atoms with Crippen LogP contribution in [0, 0.1) is 0 Å². The van der Waals surface area contributed by atoms with Crippen molar-refractivity contribution in [2.45, 2.75) is 91.0 Å². The number of ether oxygens (including phenoxy) is 6. The van der Waals surface area contributed by atoms with Gasteiger partial charge in [-0.05, 0) is 48.0 Å². The molecule has 0 aliphatic carbocycles. The molecule has 15 heteroatoms. The molecule has 0 aliphatic rings. The maximum Gasteiger partial charge on any atom is 0.347 e. The van der Waals surface area contributed by atoms with Crippen molar-refractivity contribution in [1.82, 2.24) is 0 Å². The summed E-state index contributed by atoms with van der Waals surface area (Å²) in [5, 5.41) is 9.31. The molecule has 0 aromatic carbocycles. The first kappa shape index (κ1) is 33.8. The van der Waals surface area contributed by atoms with Gasteiger partial charge in [0.1, 0.15) is 0 Å². The SMILES string of the molecule is CC(OC(=O)C(C)OC(=O)C(C)OC(=O)C(C)OC(=O)C(C)OC(=O)C(C)OC(=O)CCCBr)C(=O)O. The van der Waals surface area contributed by atoms with E-state index < -0.39 is 78.4 Å². The topological polar surface area (TPSA) is 195 Å². The molecule has 0 radical (unpaired) electrons. The Kier molecular flexibility index (Phi) is 15.1. The Bertz CT molecular complexity index is 856. The zero-order valence-corrected chi connectivity index (χ0v) is 22.8. The Labute approximate surface area is 221 Å². The average Bonchev–Trinajstić information content (AvgIpc) is 2.81. The molecule has 0 saturated heterocycles. The molecule has 0 saturated carbocycles. The minimum absolute atomic E-state index is 0.0823. The van der Waals surface area contributed by atoms with Crippen LogP contribution in [0.25, 0.3) is 0 Å². The third-order valence-electron chi connectivity index (χ3n) is 4.29. The summed E-state index contributed by atoms with van der Waals surface area (Å²) in [5.41, 5.74) is 0. The van der Waals surface area contributed by atoms with Crippen LogP contribution in [0.5, 0.6) is 0 Å². The number of rotatable bonds is 15. The van der Waals surface area contributed by atoms with Crippen LogP contribution >= 0.6 is 15.9 Å². The molecule has 0 amide bonds. The summed E-state index contributed by atoms with van der Waals surface area (Å²) < 4.78 is 28.8. The first-order valence-corrected chi connectivity index (χ1v) is 12.2. The quantitative estimate of drug-likeness (QED) is 0.158. The molecule has 0 fully saturated rings. The predicted molar refractivity (Wildman–Crippen MR) is 124 cm³/mol. The van der Waals surface area contributed by atoms with Crippen LogP contribution in [0.4, 0.5) is 0 Å². The Morgan fingerprint density at radius 2 is 0.811 bits per heavy atom. The predicted octanol–water partition coefficient (Wildman–Crippen LogP) is 0.836. The van der Waals surface area contributed by atoms with Crippen molar-refractivity contribution >= 4 is 57.7 Å². The van der Waals surface area contributed by atoms with Crippen LogP contribution in [-0.2, 0) is 62.0 Å². The highest BCUT2D eigenvalue weighted by Crippen LogP contribution is 2.09. The number of esters is 6. The summed E-state index contributed by atoms with van der Waals surface area (Å²) >= 11 is 3.16. The highest BCUT2D eigenvalue weighted by Gasteiger charge is 2.32. The van der Waals surface area contributed by atoms with Gasteiger partial charge in [0.2, 0.25) is 0 Å². The van der Waals surface area contributed by atoms with Gasteiger partial charge >= 0.3 is 41.8 Å². The van der Waals surface area contributed by atoms with Crippen molar-refractivity contribution in [3.63, 3.8) is 0 Å². The van der Waals surface area contributed by atoms with Crippen molar-refractivity contribution < 1.29 is 67.1 Å². The molecule has 0 bridgehead atoms. The molecule has 6 atom stereocenters. The van der Waals surface area contributed by atoms with Gasteiger partial charge in [-0.3, -0.25) is 4.79 Å². The summed E-state index contributed by atoms with van der Waals surface area (Å²) in [4.78, 5) is 82.4. The van der Waals surface area contributed by atoms with Crippen molar-refractivity contribution in [3.05, 3.63) is 0 Å². The van der Waals surface area contributed by atoms with E-state index in [1.807, 2.05) is 0 Å². The molecule has 6 unspecified atom stereocenters. The summed E-state index contributed by atoms with van der Waals surface area (Å²) in [6.07, 6.45) is -8.17. The summed E-state index contributed by atoms with van der Waals surface area (Å²) in [5.74, 6) is -7.58. The number of carboxylic acids is 1. The van der Waals surface area contributed by atoms with Gasteiger partial charge in [0.15, 0.2) is 36.6 Å². The lowest BCUT2D eigenvalue weighted by atomic mass is 10.3. The first-order valence-electron chi connectivity index (χ1n) is 11.1. The van der Waals surface area contributed by atoms with Gasteiger partial charge < -0.3 is 33.5 Å². The van der Waals surface area contributed by atoms with Crippen molar-refractivity contribution in [1.29, 1.82) is 0 Å². The molecule has 0 spiro atoms. The normalized spacial score (nSPS) is 15.4. The Morgan fingerprint density at radius 3 is 1.08 bits per heavy atom. The van der Waals surface area contributed by atoms with E-state index in [9.17, 15) is 33.6 Å².